The highest BCUT2D eigenvalue weighted by Gasteiger charge is 2.35. The SMILES string of the molecule is Cc1ccc(N)c(C(=O)NC2CN3CCC2CC3)c1. The molecule has 0 saturated carbocycles. The molecule has 3 fully saturated rings. The van der Waals surface area contributed by atoms with Gasteiger partial charge in [0.2, 0.25) is 0 Å². The average molecular weight is 259 g/mol. The summed E-state index contributed by atoms with van der Waals surface area (Å²) >= 11 is 0. The molecule has 0 aliphatic carbocycles. The Morgan fingerprint density at radius 3 is 2.74 bits per heavy atom. The number of nitrogens with zero attached hydrogens (tertiary/aromatic N) is 1. The summed E-state index contributed by atoms with van der Waals surface area (Å²) in [4.78, 5) is 14.8. The predicted molar refractivity (Wildman–Crippen MR) is 76.0 cm³/mol. The van der Waals surface area contributed by atoms with Crippen molar-refractivity contribution in [2.75, 3.05) is 25.4 Å². The Hall–Kier alpha value is -1.55. The molecule has 1 amide bonds. The fraction of sp³-hybridized carbons (Fsp3) is 0.533. The summed E-state index contributed by atoms with van der Waals surface area (Å²) in [6.45, 7) is 5.33. The van der Waals surface area contributed by atoms with Crippen LogP contribution in [0.15, 0.2) is 18.2 Å². The molecule has 0 aromatic heterocycles. The number of carbonyl (C=O) groups is 1. The summed E-state index contributed by atoms with van der Waals surface area (Å²) in [5.41, 5.74) is 8.13. The number of benzene rings is 1. The summed E-state index contributed by atoms with van der Waals surface area (Å²) < 4.78 is 0. The number of hydrogen-bond donors (Lipinski definition) is 2. The number of carbonyl (C=O) groups excluding carboxylic acids is 1. The molecule has 0 spiro atoms. The van der Waals surface area contributed by atoms with E-state index in [9.17, 15) is 4.79 Å². The van der Waals surface area contributed by atoms with E-state index in [-0.39, 0.29) is 11.9 Å². The minimum absolute atomic E-state index is 0.0278. The minimum atomic E-state index is -0.0278. The molecule has 3 heterocycles. The first-order valence-corrected chi connectivity index (χ1v) is 7.03. The van der Waals surface area contributed by atoms with Gasteiger partial charge in [0.1, 0.15) is 0 Å². The first-order valence-electron chi connectivity index (χ1n) is 7.03. The second-order valence-electron chi connectivity index (χ2n) is 5.81. The van der Waals surface area contributed by atoms with Crippen LogP contribution in [0.2, 0.25) is 0 Å². The van der Waals surface area contributed by atoms with Gasteiger partial charge in [-0.05, 0) is 50.9 Å². The number of nitrogens with one attached hydrogen (secondary N) is 1. The highest BCUT2D eigenvalue weighted by molar-refractivity contribution is 5.99. The van der Waals surface area contributed by atoms with E-state index >= 15 is 0 Å². The maximum atomic E-state index is 12.4. The largest absolute Gasteiger partial charge is 0.398 e. The molecule has 1 aromatic carbocycles. The summed E-state index contributed by atoms with van der Waals surface area (Å²) in [7, 11) is 0. The molecule has 2 bridgehead atoms. The second kappa shape index (κ2) is 4.85. The lowest BCUT2D eigenvalue weighted by atomic mass is 9.84. The smallest absolute Gasteiger partial charge is 0.253 e. The molecule has 4 heteroatoms. The third kappa shape index (κ3) is 2.45. The van der Waals surface area contributed by atoms with Crippen molar-refractivity contribution in [2.45, 2.75) is 25.8 Å². The Labute approximate surface area is 114 Å². The molecular formula is C15H21N3O. The molecule has 19 heavy (non-hydrogen) atoms. The van der Waals surface area contributed by atoms with Gasteiger partial charge in [0.15, 0.2) is 0 Å². The van der Waals surface area contributed by atoms with Gasteiger partial charge in [0.25, 0.3) is 5.91 Å². The molecule has 4 rings (SSSR count). The molecule has 1 aromatic rings. The Kier molecular flexibility index (Phi) is 3.19. The van der Waals surface area contributed by atoms with Gasteiger partial charge in [-0.15, -0.1) is 0 Å². The van der Waals surface area contributed by atoms with E-state index < -0.39 is 0 Å². The van der Waals surface area contributed by atoms with Crippen LogP contribution in [-0.2, 0) is 0 Å². The maximum absolute atomic E-state index is 12.4. The Morgan fingerprint density at radius 1 is 1.37 bits per heavy atom. The van der Waals surface area contributed by atoms with Crippen molar-refractivity contribution < 1.29 is 4.79 Å². The van der Waals surface area contributed by atoms with Crippen molar-refractivity contribution in [1.29, 1.82) is 0 Å². The second-order valence-corrected chi connectivity index (χ2v) is 5.81. The molecule has 3 N–H and O–H groups in total. The van der Waals surface area contributed by atoms with Gasteiger partial charge < -0.3 is 16.0 Å². The molecule has 3 aliphatic heterocycles. The van der Waals surface area contributed by atoms with Gasteiger partial charge in [-0.25, -0.2) is 0 Å². The quantitative estimate of drug-likeness (QED) is 0.789. The van der Waals surface area contributed by atoms with Crippen molar-refractivity contribution in [3.8, 4) is 0 Å². The number of hydrogen-bond acceptors (Lipinski definition) is 3. The third-order valence-corrected chi connectivity index (χ3v) is 4.43. The van der Waals surface area contributed by atoms with Crippen LogP contribution >= 0.6 is 0 Å². The number of anilines is 1. The standard InChI is InChI=1S/C15H21N3O/c1-10-2-3-13(16)12(8-10)15(19)17-14-9-18-6-4-11(14)5-7-18/h2-3,8,11,14H,4-7,9,16H2,1H3,(H,17,19). The summed E-state index contributed by atoms with van der Waals surface area (Å²) in [6.07, 6.45) is 2.41. The number of nitrogen functional groups attached to an aromatic ring is 1. The van der Waals surface area contributed by atoms with Crippen molar-refractivity contribution in [2.24, 2.45) is 5.92 Å². The van der Waals surface area contributed by atoms with E-state index in [0.717, 1.165) is 12.1 Å². The van der Waals surface area contributed by atoms with Crippen LogP contribution in [0.4, 0.5) is 5.69 Å². The van der Waals surface area contributed by atoms with Gasteiger partial charge in [-0.3, -0.25) is 4.79 Å². The Bertz CT molecular complexity index is 492. The van der Waals surface area contributed by atoms with Crippen LogP contribution < -0.4 is 11.1 Å². The number of amides is 1. The number of piperidine rings is 3. The zero-order valence-corrected chi connectivity index (χ0v) is 11.4. The van der Waals surface area contributed by atoms with Crippen LogP contribution in [0.1, 0.15) is 28.8 Å². The van der Waals surface area contributed by atoms with E-state index in [1.807, 2.05) is 19.1 Å². The third-order valence-electron chi connectivity index (χ3n) is 4.43. The zero-order chi connectivity index (χ0) is 13.4. The first kappa shape index (κ1) is 12.5. The van der Waals surface area contributed by atoms with Gasteiger partial charge in [-0.1, -0.05) is 11.6 Å². The summed E-state index contributed by atoms with van der Waals surface area (Å²) in [5, 5.41) is 3.17. The monoisotopic (exact) mass is 259 g/mol. The van der Waals surface area contributed by atoms with Gasteiger partial charge in [-0.2, -0.15) is 0 Å². The van der Waals surface area contributed by atoms with Gasteiger partial charge in [0.05, 0.1) is 5.56 Å². The van der Waals surface area contributed by atoms with Crippen LogP contribution in [0.5, 0.6) is 0 Å². The predicted octanol–water partition coefficient (Wildman–Crippen LogP) is 1.40. The minimum Gasteiger partial charge on any atom is -0.398 e. The van der Waals surface area contributed by atoms with Crippen molar-refractivity contribution in [3.05, 3.63) is 29.3 Å². The fourth-order valence-corrected chi connectivity index (χ4v) is 3.24. The highest BCUT2D eigenvalue weighted by Crippen LogP contribution is 2.28. The van der Waals surface area contributed by atoms with Crippen LogP contribution in [0.25, 0.3) is 0 Å². The van der Waals surface area contributed by atoms with Crippen LogP contribution in [0, 0.1) is 12.8 Å². The van der Waals surface area contributed by atoms with Crippen LogP contribution in [-0.4, -0.2) is 36.5 Å². The molecule has 102 valence electrons. The fourth-order valence-electron chi connectivity index (χ4n) is 3.24. The first-order chi connectivity index (χ1) is 9.13. The number of fused-ring (bicyclic) bond motifs is 3. The lowest BCUT2D eigenvalue weighted by Gasteiger charge is -2.44. The molecule has 1 atom stereocenters. The van der Waals surface area contributed by atoms with Gasteiger partial charge >= 0.3 is 0 Å². The van der Waals surface area contributed by atoms with E-state index in [0.29, 0.717) is 17.2 Å². The Balaban J connectivity index is 1.73. The molecule has 4 nitrogen and oxygen atoms in total. The molecule has 3 saturated heterocycles. The summed E-state index contributed by atoms with van der Waals surface area (Å²) in [6, 6.07) is 5.89. The van der Waals surface area contributed by atoms with E-state index in [1.165, 1.54) is 25.9 Å². The summed E-state index contributed by atoms with van der Waals surface area (Å²) in [5.74, 6) is 0.611. The van der Waals surface area contributed by atoms with E-state index in [4.69, 9.17) is 5.73 Å². The molecule has 1 unspecified atom stereocenters. The Morgan fingerprint density at radius 2 is 2.11 bits per heavy atom. The zero-order valence-electron chi connectivity index (χ0n) is 11.4. The van der Waals surface area contributed by atoms with E-state index in [1.54, 1.807) is 6.07 Å². The van der Waals surface area contributed by atoms with E-state index in [2.05, 4.69) is 10.2 Å². The normalized spacial score (nSPS) is 29.2. The van der Waals surface area contributed by atoms with Crippen molar-refractivity contribution >= 4 is 11.6 Å². The average Bonchev–Trinajstić information content (AvgIpc) is 2.43. The highest BCUT2D eigenvalue weighted by atomic mass is 16.1. The molecule has 3 aliphatic rings. The van der Waals surface area contributed by atoms with Crippen LogP contribution in [0.3, 0.4) is 0 Å². The van der Waals surface area contributed by atoms with Crippen molar-refractivity contribution in [1.82, 2.24) is 10.2 Å². The van der Waals surface area contributed by atoms with Crippen molar-refractivity contribution in [3.63, 3.8) is 0 Å². The maximum Gasteiger partial charge on any atom is 0.253 e. The lowest BCUT2D eigenvalue weighted by molar-refractivity contribution is 0.0621. The van der Waals surface area contributed by atoms with Gasteiger partial charge in [0, 0.05) is 18.3 Å². The number of aryl methyl sites for hydroxylation is 1. The lowest BCUT2D eigenvalue weighted by Crippen LogP contribution is -2.57. The number of nitrogens with two attached hydrogens (primary N) is 1. The topological polar surface area (TPSA) is 58.4 Å². The number of rotatable bonds is 2. The molecule has 0 radical (unpaired) electrons. The molecular weight excluding hydrogens is 238 g/mol.